The molecule has 2 rings (SSSR count). The van der Waals surface area contributed by atoms with Crippen LogP contribution in [0.15, 0.2) is 0 Å². The standard InChI is InChI=1S/C14H25N3OS/c1-9(2)17-5-6-18-13(8-17)12(15)7-14-16-10(3)11(4)19-14/h9,12-13H,5-8,15H2,1-4H3. The molecule has 5 heteroatoms. The van der Waals surface area contributed by atoms with Crippen LogP contribution in [0.2, 0.25) is 0 Å². The van der Waals surface area contributed by atoms with Crippen LogP contribution in [0.1, 0.15) is 29.4 Å². The largest absolute Gasteiger partial charge is 0.374 e. The minimum atomic E-state index is 0.0338. The molecule has 0 bridgehead atoms. The van der Waals surface area contributed by atoms with Gasteiger partial charge in [0.05, 0.1) is 23.4 Å². The van der Waals surface area contributed by atoms with Gasteiger partial charge in [0.2, 0.25) is 0 Å². The molecule has 0 spiro atoms. The van der Waals surface area contributed by atoms with E-state index >= 15 is 0 Å². The van der Waals surface area contributed by atoms with Crippen LogP contribution in [-0.4, -0.2) is 47.8 Å². The molecule has 0 aliphatic carbocycles. The summed E-state index contributed by atoms with van der Waals surface area (Å²) in [7, 11) is 0. The normalized spacial score (nSPS) is 22.9. The molecular formula is C14H25N3OS. The van der Waals surface area contributed by atoms with E-state index in [1.807, 2.05) is 0 Å². The molecule has 2 atom stereocenters. The van der Waals surface area contributed by atoms with E-state index in [0.29, 0.717) is 6.04 Å². The summed E-state index contributed by atoms with van der Waals surface area (Å²) in [6, 6.07) is 0.592. The first-order valence-electron chi connectivity index (χ1n) is 7.01. The fourth-order valence-electron chi connectivity index (χ4n) is 2.38. The van der Waals surface area contributed by atoms with E-state index in [1.54, 1.807) is 11.3 Å². The number of aryl methyl sites for hydroxylation is 2. The highest BCUT2D eigenvalue weighted by Gasteiger charge is 2.27. The summed E-state index contributed by atoms with van der Waals surface area (Å²) in [6.45, 7) is 11.3. The summed E-state index contributed by atoms with van der Waals surface area (Å²) in [5.74, 6) is 0. The molecule has 1 fully saturated rings. The molecule has 1 saturated heterocycles. The lowest BCUT2D eigenvalue weighted by atomic mass is 10.1. The Hall–Kier alpha value is -0.490. The average molecular weight is 283 g/mol. The zero-order valence-corrected chi connectivity index (χ0v) is 13.2. The van der Waals surface area contributed by atoms with Gasteiger partial charge in [-0.3, -0.25) is 4.90 Å². The first-order valence-corrected chi connectivity index (χ1v) is 7.83. The summed E-state index contributed by atoms with van der Waals surface area (Å²) >= 11 is 1.75. The highest BCUT2D eigenvalue weighted by atomic mass is 32.1. The third-order valence-electron chi connectivity index (χ3n) is 3.82. The summed E-state index contributed by atoms with van der Waals surface area (Å²) in [4.78, 5) is 8.29. The summed E-state index contributed by atoms with van der Waals surface area (Å²) < 4.78 is 5.84. The molecule has 1 aliphatic rings. The SMILES string of the molecule is Cc1nc(CC(N)C2CN(C(C)C)CCO2)sc1C. The monoisotopic (exact) mass is 283 g/mol. The summed E-state index contributed by atoms with van der Waals surface area (Å²) in [5.41, 5.74) is 7.44. The van der Waals surface area contributed by atoms with E-state index < -0.39 is 0 Å². The number of morpholine rings is 1. The van der Waals surface area contributed by atoms with Crippen LogP contribution in [0, 0.1) is 13.8 Å². The highest BCUT2D eigenvalue weighted by molar-refractivity contribution is 7.11. The Morgan fingerprint density at radius 1 is 1.47 bits per heavy atom. The fraction of sp³-hybridized carbons (Fsp3) is 0.786. The minimum absolute atomic E-state index is 0.0338. The van der Waals surface area contributed by atoms with E-state index in [0.717, 1.165) is 36.8 Å². The number of ether oxygens (including phenoxy) is 1. The van der Waals surface area contributed by atoms with E-state index in [2.05, 4.69) is 37.6 Å². The Bertz CT molecular complexity index is 399. The predicted octanol–water partition coefficient (Wildman–Crippen LogP) is 1.74. The van der Waals surface area contributed by atoms with Gasteiger partial charge in [0.25, 0.3) is 0 Å². The quantitative estimate of drug-likeness (QED) is 0.914. The van der Waals surface area contributed by atoms with Crippen LogP contribution < -0.4 is 5.73 Å². The maximum atomic E-state index is 6.32. The number of rotatable bonds is 4. The number of nitrogens with two attached hydrogens (primary N) is 1. The van der Waals surface area contributed by atoms with Crippen molar-refractivity contribution in [3.05, 3.63) is 15.6 Å². The number of hydrogen-bond donors (Lipinski definition) is 1. The van der Waals surface area contributed by atoms with E-state index in [9.17, 15) is 0 Å². The van der Waals surface area contributed by atoms with Gasteiger partial charge in [-0.2, -0.15) is 0 Å². The van der Waals surface area contributed by atoms with Gasteiger partial charge in [0, 0.05) is 36.5 Å². The molecule has 1 aromatic rings. The van der Waals surface area contributed by atoms with Crippen LogP contribution in [-0.2, 0) is 11.2 Å². The van der Waals surface area contributed by atoms with Crippen molar-refractivity contribution < 1.29 is 4.74 Å². The molecule has 0 aromatic carbocycles. The summed E-state index contributed by atoms with van der Waals surface area (Å²) in [5, 5.41) is 1.13. The molecule has 19 heavy (non-hydrogen) atoms. The lowest BCUT2D eigenvalue weighted by Gasteiger charge is -2.37. The van der Waals surface area contributed by atoms with Crippen LogP contribution in [0.3, 0.4) is 0 Å². The molecule has 0 saturated carbocycles. The number of thiazole rings is 1. The van der Waals surface area contributed by atoms with Gasteiger partial charge in [-0.25, -0.2) is 4.98 Å². The van der Waals surface area contributed by atoms with Gasteiger partial charge in [-0.15, -0.1) is 11.3 Å². The first-order chi connectivity index (χ1) is 8.97. The van der Waals surface area contributed by atoms with E-state index in [4.69, 9.17) is 10.5 Å². The van der Waals surface area contributed by atoms with Gasteiger partial charge in [0.1, 0.15) is 0 Å². The first kappa shape index (κ1) is 14.9. The lowest BCUT2D eigenvalue weighted by Crippen LogP contribution is -2.53. The van der Waals surface area contributed by atoms with Gasteiger partial charge in [0.15, 0.2) is 0 Å². The van der Waals surface area contributed by atoms with Crippen molar-refractivity contribution in [3.63, 3.8) is 0 Å². The van der Waals surface area contributed by atoms with E-state index in [1.165, 1.54) is 4.88 Å². The fourth-order valence-corrected chi connectivity index (χ4v) is 3.39. The smallest absolute Gasteiger partial charge is 0.0947 e. The second-order valence-corrected chi connectivity index (χ2v) is 6.90. The van der Waals surface area contributed by atoms with Gasteiger partial charge < -0.3 is 10.5 Å². The molecule has 0 amide bonds. The minimum Gasteiger partial charge on any atom is -0.374 e. The summed E-state index contributed by atoms with van der Waals surface area (Å²) in [6.07, 6.45) is 0.941. The molecule has 0 radical (unpaired) electrons. The highest BCUT2D eigenvalue weighted by Crippen LogP contribution is 2.20. The van der Waals surface area contributed by atoms with Gasteiger partial charge >= 0.3 is 0 Å². The third kappa shape index (κ3) is 3.75. The lowest BCUT2D eigenvalue weighted by molar-refractivity contribution is -0.0495. The van der Waals surface area contributed by atoms with E-state index in [-0.39, 0.29) is 12.1 Å². The molecule has 4 nitrogen and oxygen atoms in total. The van der Waals surface area contributed by atoms with Crippen molar-refractivity contribution in [1.82, 2.24) is 9.88 Å². The Morgan fingerprint density at radius 3 is 2.79 bits per heavy atom. The second-order valence-electron chi connectivity index (χ2n) is 5.62. The molecule has 108 valence electrons. The second kappa shape index (κ2) is 6.31. The third-order valence-corrected chi connectivity index (χ3v) is 4.91. The maximum absolute atomic E-state index is 6.32. The van der Waals surface area contributed by atoms with Gasteiger partial charge in [-0.05, 0) is 27.7 Å². The molecule has 1 aliphatic heterocycles. The number of aromatic nitrogens is 1. The molecule has 1 aromatic heterocycles. The molecule has 2 unspecified atom stereocenters. The molecule has 2 heterocycles. The maximum Gasteiger partial charge on any atom is 0.0947 e. The zero-order chi connectivity index (χ0) is 14.0. The van der Waals surface area contributed by atoms with Crippen LogP contribution >= 0.6 is 11.3 Å². The van der Waals surface area contributed by atoms with Gasteiger partial charge in [-0.1, -0.05) is 0 Å². The van der Waals surface area contributed by atoms with Crippen molar-refractivity contribution >= 4 is 11.3 Å². The Labute approximate surface area is 120 Å². The number of nitrogens with zero attached hydrogens (tertiary/aromatic N) is 2. The Kier molecular flexibility index (Phi) is 4.95. The van der Waals surface area contributed by atoms with Crippen molar-refractivity contribution in [2.45, 2.75) is 52.3 Å². The van der Waals surface area contributed by atoms with Crippen LogP contribution in [0.5, 0.6) is 0 Å². The van der Waals surface area contributed by atoms with Crippen LogP contribution in [0.4, 0.5) is 0 Å². The van der Waals surface area contributed by atoms with Crippen molar-refractivity contribution in [2.24, 2.45) is 5.73 Å². The Morgan fingerprint density at radius 2 is 2.21 bits per heavy atom. The topological polar surface area (TPSA) is 51.4 Å². The molecular weight excluding hydrogens is 258 g/mol. The van der Waals surface area contributed by atoms with Crippen LogP contribution in [0.25, 0.3) is 0 Å². The Balaban J connectivity index is 1.93. The molecule has 2 N–H and O–H groups in total. The van der Waals surface area contributed by atoms with Crippen molar-refractivity contribution in [2.75, 3.05) is 19.7 Å². The zero-order valence-electron chi connectivity index (χ0n) is 12.3. The number of hydrogen-bond acceptors (Lipinski definition) is 5. The average Bonchev–Trinajstić information content (AvgIpc) is 2.68. The van der Waals surface area contributed by atoms with Crippen molar-refractivity contribution in [3.8, 4) is 0 Å². The van der Waals surface area contributed by atoms with Crippen molar-refractivity contribution in [1.29, 1.82) is 0 Å². The predicted molar refractivity (Wildman–Crippen MR) is 79.7 cm³/mol.